The van der Waals surface area contributed by atoms with Crippen LogP contribution < -0.4 is 16.4 Å². The van der Waals surface area contributed by atoms with E-state index in [0.29, 0.717) is 23.9 Å². The highest BCUT2D eigenvalue weighted by Gasteiger charge is 2.17. The van der Waals surface area contributed by atoms with E-state index in [1.807, 2.05) is 43.4 Å². The number of benzene rings is 2. The van der Waals surface area contributed by atoms with E-state index >= 15 is 0 Å². The minimum absolute atomic E-state index is 0.0639. The fourth-order valence-electron chi connectivity index (χ4n) is 4.18. The lowest BCUT2D eigenvalue weighted by atomic mass is 10.2. The first kappa shape index (κ1) is 22.4. The third kappa shape index (κ3) is 4.40. The van der Waals surface area contributed by atoms with Gasteiger partial charge >= 0.3 is 0 Å². The monoisotopic (exact) mass is 572 g/mol. The van der Waals surface area contributed by atoms with Crippen LogP contribution in [0.5, 0.6) is 0 Å². The molecule has 0 unspecified atom stereocenters. The molecule has 0 bridgehead atoms. The molecule has 0 saturated carbocycles. The SMILES string of the molecule is CN1CCn2c(nc3cc(Br)ccc3c2=O)C1.O=c1c2ccc(Br)cc2nc2n1CCNC2. The van der Waals surface area contributed by atoms with Gasteiger partial charge in [0, 0.05) is 35.1 Å². The minimum atomic E-state index is 0.0639. The molecule has 4 aromatic rings. The van der Waals surface area contributed by atoms with Gasteiger partial charge in [-0.1, -0.05) is 31.9 Å². The predicted molar refractivity (Wildman–Crippen MR) is 135 cm³/mol. The van der Waals surface area contributed by atoms with Crippen molar-refractivity contribution in [3.63, 3.8) is 0 Å². The molecule has 10 heteroatoms. The Morgan fingerprint density at radius 2 is 1.39 bits per heavy atom. The summed E-state index contributed by atoms with van der Waals surface area (Å²) in [6.07, 6.45) is 0. The maximum absolute atomic E-state index is 12.3. The first-order valence-electron chi connectivity index (χ1n) is 10.7. The summed E-state index contributed by atoms with van der Waals surface area (Å²) in [6, 6.07) is 11.2. The average molecular weight is 574 g/mol. The Morgan fingerprint density at radius 1 is 0.818 bits per heavy atom. The summed E-state index contributed by atoms with van der Waals surface area (Å²) in [5.41, 5.74) is 1.67. The lowest BCUT2D eigenvalue weighted by Crippen LogP contribution is -2.38. The molecule has 1 N–H and O–H groups in total. The van der Waals surface area contributed by atoms with Gasteiger partial charge in [-0.05, 0) is 43.4 Å². The van der Waals surface area contributed by atoms with Gasteiger partial charge in [0.25, 0.3) is 11.1 Å². The number of likely N-dealkylation sites (N-methyl/N-ethyl adjacent to an activating group) is 1. The fourth-order valence-corrected chi connectivity index (χ4v) is 4.88. The number of nitrogens with zero attached hydrogens (tertiary/aromatic N) is 5. The van der Waals surface area contributed by atoms with Crippen molar-refractivity contribution in [3.05, 3.63) is 77.7 Å². The second kappa shape index (κ2) is 9.09. The largest absolute Gasteiger partial charge is 0.308 e. The molecule has 2 aliphatic rings. The molecule has 0 amide bonds. The number of hydrogen-bond acceptors (Lipinski definition) is 6. The van der Waals surface area contributed by atoms with Crippen LogP contribution in [0.25, 0.3) is 21.8 Å². The van der Waals surface area contributed by atoms with Crippen LogP contribution in [0.1, 0.15) is 11.6 Å². The topological polar surface area (TPSA) is 85.1 Å². The number of rotatable bonds is 0. The molecule has 0 saturated heterocycles. The molecule has 33 heavy (non-hydrogen) atoms. The molecule has 0 radical (unpaired) electrons. The summed E-state index contributed by atoms with van der Waals surface area (Å²) in [5.74, 6) is 1.68. The molecule has 2 aromatic carbocycles. The molecular weight excluding hydrogens is 552 g/mol. The van der Waals surface area contributed by atoms with Crippen LogP contribution >= 0.6 is 31.9 Å². The Bertz CT molecular complexity index is 1500. The van der Waals surface area contributed by atoms with Crippen LogP contribution in [0.3, 0.4) is 0 Å². The Labute approximate surface area is 206 Å². The van der Waals surface area contributed by atoms with Crippen molar-refractivity contribution in [1.29, 1.82) is 0 Å². The number of fused-ring (bicyclic) bond motifs is 4. The number of aromatic nitrogens is 4. The zero-order chi connectivity index (χ0) is 23.1. The summed E-state index contributed by atoms with van der Waals surface area (Å²) in [5, 5.41) is 4.60. The molecule has 4 heterocycles. The van der Waals surface area contributed by atoms with Crippen molar-refractivity contribution < 1.29 is 0 Å². The standard InChI is InChI=1S/C12H12BrN3O.C11H10BrN3O/c1-15-4-5-16-11(7-15)14-10-6-8(13)2-3-9(10)12(16)17;12-7-1-2-8-9(5-7)14-10-6-13-3-4-15(10)11(8)16/h2-3,6H,4-5,7H2,1H3;1-2,5,13H,3-4,6H2. The maximum Gasteiger partial charge on any atom is 0.261 e. The second-order valence-electron chi connectivity index (χ2n) is 8.21. The van der Waals surface area contributed by atoms with Gasteiger partial charge < -0.3 is 5.32 Å². The van der Waals surface area contributed by atoms with Gasteiger partial charge in [0.15, 0.2) is 0 Å². The van der Waals surface area contributed by atoms with Gasteiger partial charge in [0.05, 0.1) is 34.9 Å². The maximum atomic E-state index is 12.3. The number of nitrogens with one attached hydrogen (secondary N) is 1. The molecule has 0 atom stereocenters. The molecule has 8 nitrogen and oxygen atoms in total. The predicted octanol–water partition coefficient (Wildman–Crippen LogP) is 2.87. The van der Waals surface area contributed by atoms with Crippen molar-refractivity contribution in [1.82, 2.24) is 29.3 Å². The Morgan fingerprint density at radius 3 is 2.03 bits per heavy atom. The van der Waals surface area contributed by atoms with Gasteiger partial charge in [-0.25, -0.2) is 9.97 Å². The lowest BCUT2D eigenvalue weighted by Gasteiger charge is -2.25. The fraction of sp³-hybridized carbons (Fsp3) is 0.304. The van der Waals surface area contributed by atoms with E-state index in [2.05, 4.69) is 52.0 Å². The number of hydrogen-bond donors (Lipinski definition) is 1. The normalized spacial score (nSPS) is 15.6. The Kier molecular flexibility index (Phi) is 6.17. The van der Waals surface area contributed by atoms with Crippen LogP contribution in [0.2, 0.25) is 0 Å². The molecular formula is C23H22Br2N6O2. The Balaban J connectivity index is 0.000000139. The van der Waals surface area contributed by atoms with Crippen molar-refractivity contribution >= 4 is 53.7 Å². The third-order valence-electron chi connectivity index (χ3n) is 5.90. The van der Waals surface area contributed by atoms with E-state index in [0.717, 1.165) is 57.8 Å². The van der Waals surface area contributed by atoms with Gasteiger partial charge in [0.2, 0.25) is 0 Å². The van der Waals surface area contributed by atoms with Crippen molar-refractivity contribution in [3.8, 4) is 0 Å². The zero-order valence-electron chi connectivity index (χ0n) is 18.0. The highest BCUT2D eigenvalue weighted by molar-refractivity contribution is 9.10. The third-order valence-corrected chi connectivity index (χ3v) is 6.89. The van der Waals surface area contributed by atoms with E-state index in [9.17, 15) is 9.59 Å². The first-order valence-corrected chi connectivity index (χ1v) is 12.3. The van der Waals surface area contributed by atoms with E-state index < -0.39 is 0 Å². The molecule has 0 aliphatic carbocycles. The van der Waals surface area contributed by atoms with Crippen LogP contribution in [0.15, 0.2) is 54.9 Å². The van der Waals surface area contributed by atoms with Crippen molar-refractivity contribution in [2.75, 3.05) is 20.1 Å². The summed E-state index contributed by atoms with van der Waals surface area (Å²) < 4.78 is 5.44. The van der Waals surface area contributed by atoms with Crippen LogP contribution in [-0.4, -0.2) is 44.1 Å². The van der Waals surface area contributed by atoms with E-state index in [1.165, 1.54) is 0 Å². The van der Waals surface area contributed by atoms with Crippen molar-refractivity contribution in [2.24, 2.45) is 0 Å². The summed E-state index contributed by atoms with van der Waals surface area (Å²) in [4.78, 5) is 35.7. The van der Waals surface area contributed by atoms with Crippen LogP contribution in [0.4, 0.5) is 0 Å². The van der Waals surface area contributed by atoms with Gasteiger partial charge in [-0.15, -0.1) is 0 Å². The smallest absolute Gasteiger partial charge is 0.261 e. The molecule has 0 fully saturated rings. The zero-order valence-corrected chi connectivity index (χ0v) is 21.2. The quantitative estimate of drug-likeness (QED) is 0.348. The number of halogens is 2. The van der Waals surface area contributed by atoms with Crippen LogP contribution in [0, 0.1) is 0 Å². The molecule has 6 rings (SSSR count). The molecule has 0 spiro atoms. The van der Waals surface area contributed by atoms with E-state index in [1.54, 1.807) is 9.13 Å². The van der Waals surface area contributed by atoms with E-state index in [-0.39, 0.29) is 11.1 Å². The van der Waals surface area contributed by atoms with Gasteiger partial charge in [-0.2, -0.15) is 0 Å². The molecule has 2 aliphatic heterocycles. The average Bonchev–Trinajstić information content (AvgIpc) is 2.79. The van der Waals surface area contributed by atoms with E-state index in [4.69, 9.17) is 0 Å². The molecule has 2 aromatic heterocycles. The Hall–Kier alpha value is -2.40. The highest BCUT2D eigenvalue weighted by Crippen LogP contribution is 2.18. The highest BCUT2D eigenvalue weighted by atomic mass is 79.9. The van der Waals surface area contributed by atoms with Gasteiger partial charge in [0.1, 0.15) is 11.6 Å². The van der Waals surface area contributed by atoms with Gasteiger partial charge in [-0.3, -0.25) is 23.6 Å². The summed E-state index contributed by atoms with van der Waals surface area (Å²) in [6.45, 7) is 4.56. The molecule has 170 valence electrons. The van der Waals surface area contributed by atoms with Crippen LogP contribution in [-0.2, 0) is 26.2 Å². The van der Waals surface area contributed by atoms with Crippen molar-refractivity contribution in [2.45, 2.75) is 26.2 Å². The minimum Gasteiger partial charge on any atom is -0.308 e. The summed E-state index contributed by atoms with van der Waals surface area (Å²) in [7, 11) is 2.04. The lowest BCUT2D eigenvalue weighted by molar-refractivity contribution is 0.259. The second-order valence-corrected chi connectivity index (χ2v) is 10.0. The summed E-state index contributed by atoms with van der Waals surface area (Å²) >= 11 is 6.79. The first-order chi connectivity index (χ1) is 15.9.